The Hall–Kier alpha value is -2.60. The van der Waals surface area contributed by atoms with Crippen molar-refractivity contribution < 1.29 is 32.9 Å². The molecule has 2 heterocycles. The summed E-state index contributed by atoms with van der Waals surface area (Å²) in [5.74, 6) is -0.875. The fraction of sp³-hybridized carbons (Fsp3) is 0.731. The van der Waals surface area contributed by atoms with Gasteiger partial charge in [0.2, 0.25) is 0 Å². The number of hydrogen-bond donors (Lipinski definition) is 2. The van der Waals surface area contributed by atoms with Gasteiger partial charge in [0.15, 0.2) is 17.6 Å². The lowest BCUT2D eigenvalue weighted by Crippen LogP contribution is -2.48. The van der Waals surface area contributed by atoms with E-state index in [-0.39, 0.29) is 18.0 Å². The van der Waals surface area contributed by atoms with Crippen LogP contribution in [0, 0.1) is 0 Å². The minimum absolute atomic E-state index is 0.159. The Balaban J connectivity index is 1.44. The maximum absolute atomic E-state index is 14.2. The van der Waals surface area contributed by atoms with Crippen LogP contribution in [0.5, 0.6) is 0 Å². The summed E-state index contributed by atoms with van der Waals surface area (Å²) in [4.78, 5) is 38.2. The molecule has 3 atom stereocenters. The Labute approximate surface area is 234 Å². The van der Waals surface area contributed by atoms with Gasteiger partial charge in [-0.3, -0.25) is 9.36 Å². The molecule has 0 unspecified atom stereocenters. The number of anilines is 1. The number of carbonyl (C=O) groups is 2. The highest BCUT2D eigenvalue weighted by Crippen LogP contribution is 2.47. The minimum atomic E-state index is -3.94. The second kappa shape index (κ2) is 12.9. The van der Waals surface area contributed by atoms with Crippen molar-refractivity contribution in [3.8, 4) is 0 Å². The van der Waals surface area contributed by atoms with Crippen LogP contribution in [0.1, 0.15) is 79.1 Å². The van der Waals surface area contributed by atoms with Crippen LogP contribution in [-0.4, -0.2) is 67.8 Å². The third-order valence-electron chi connectivity index (χ3n) is 7.19. The van der Waals surface area contributed by atoms with E-state index >= 15 is 0 Å². The lowest BCUT2D eigenvalue weighted by atomic mass is 10.1. The summed E-state index contributed by atoms with van der Waals surface area (Å²) < 4.78 is 38.9. The third-order valence-corrected chi connectivity index (χ3v) is 9.24. The van der Waals surface area contributed by atoms with Crippen LogP contribution < -0.4 is 10.8 Å². The van der Waals surface area contributed by atoms with E-state index in [1.165, 1.54) is 13.3 Å². The summed E-state index contributed by atoms with van der Waals surface area (Å²) >= 11 is 0. The van der Waals surface area contributed by atoms with Gasteiger partial charge in [0.25, 0.3) is 7.52 Å². The summed E-state index contributed by atoms with van der Waals surface area (Å²) in [5.41, 5.74) is 5.53. The zero-order valence-corrected chi connectivity index (χ0v) is 24.6. The van der Waals surface area contributed by atoms with E-state index < -0.39 is 43.6 Å². The molecule has 2 fully saturated rings. The van der Waals surface area contributed by atoms with E-state index in [1.807, 2.05) is 0 Å². The molecule has 3 N–H and O–H groups in total. The minimum Gasteiger partial charge on any atom is -0.461 e. The van der Waals surface area contributed by atoms with Crippen molar-refractivity contribution in [1.29, 1.82) is 0 Å². The summed E-state index contributed by atoms with van der Waals surface area (Å²) in [6.45, 7) is 6.75. The summed E-state index contributed by atoms with van der Waals surface area (Å²) in [7, 11) is -3.94. The Bertz CT molecular complexity index is 1230. The van der Waals surface area contributed by atoms with Crippen molar-refractivity contribution in [2.24, 2.45) is 0 Å². The van der Waals surface area contributed by atoms with E-state index in [2.05, 4.69) is 20.0 Å². The molecule has 2 aliphatic rings. The maximum atomic E-state index is 14.2. The number of aromatic nitrogens is 4. The number of ether oxygens (including phenoxy) is 3. The number of nitrogen functional groups attached to an aromatic ring is 1. The fourth-order valence-corrected chi connectivity index (χ4v) is 7.19. The topological polar surface area (TPSA) is 170 Å². The summed E-state index contributed by atoms with van der Waals surface area (Å²) in [5, 5.41) is 2.84. The molecule has 222 valence electrons. The normalized spacial score (nSPS) is 19.9. The number of esters is 2. The van der Waals surface area contributed by atoms with Gasteiger partial charge in [-0.25, -0.2) is 24.8 Å². The van der Waals surface area contributed by atoms with Crippen LogP contribution in [0.4, 0.5) is 5.82 Å². The molecule has 0 aromatic carbocycles. The van der Waals surface area contributed by atoms with Gasteiger partial charge >= 0.3 is 11.9 Å². The largest absolute Gasteiger partial charge is 0.461 e. The summed E-state index contributed by atoms with van der Waals surface area (Å²) in [6.07, 6.45) is 7.81. The van der Waals surface area contributed by atoms with Gasteiger partial charge < -0.3 is 29.0 Å². The first-order valence-corrected chi connectivity index (χ1v) is 15.8. The number of fused-ring (bicyclic) bond motifs is 1. The zero-order chi connectivity index (χ0) is 28.9. The molecule has 2 aromatic rings. The highest BCUT2D eigenvalue weighted by atomic mass is 31.2. The van der Waals surface area contributed by atoms with Crippen molar-refractivity contribution in [3.05, 3.63) is 12.7 Å². The zero-order valence-electron chi connectivity index (χ0n) is 23.7. The molecule has 2 aliphatic carbocycles. The van der Waals surface area contributed by atoms with Gasteiger partial charge in [-0.05, 0) is 79.1 Å². The molecule has 0 aliphatic heterocycles. The lowest BCUT2D eigenvalue weighted by molar-refractivity contribution is -0.156. The van der Waals surface area contributed by atoms with Crippen molar-refractivity contribution in [1.82, 2.24) is 24.6 Å². The Kier molecular flexibility index (Phi) is 9.81. The SMILES string of the molecule is C[C@H](Cn1cnc2c(N)ncnc21)OC[P@](=O)(NC(C)(C)C(=O)OC1CCCC1)O[C@@H](C)C(=O)OC1CCCC1. The Morgan fingerprint density at radius 2 is 1.70 bits per heavy atom. The lowest BCUT2D eigenvalue weighted by Gasteiger charge is -2.32. The van der Waals surface area contributed by atoms with Gasteiger partial charge in [0, 0.05) is 0 Å². The van der Waals surface area contributed by atoms with Crippen LogP contribution in [0.3, 0.4) is 0 Å². The first-order chi connectivity index (χ1) is 19.0. The highest BCUT2D eigenvalue weighted by Gasteiger charge is 2.42. The number of nitrogens with zero attached hydrogens (tertiary/aromatic N) is 4. The molecule has 0 bridgehead atoms. The average Bonchev–Trinajstić information content (AvgIpc) is 3.66. The standard InChI is InChI=1S/C26H41N6O7P/c1-17(13-32-15-30-21-22(27)28-14-29-23(21)32)36-16-40(35,39-18(2)24(33)37-19-9-5-6-10-19)31-26(3,4)25(34)38-20-11-7-8-12-20/h14-15,17-20H,5-13,16H2,1-4H3,(H,31,35)(H2,27,28,29)/t17-,18+,40-/m1/s1. The van der Waals surface area contributed by atoms with E-state index in [0.29, 0.717) is 17.7 Å². The Morgan fingerprint density at radius 3 is 2.35 bits per heavy atom. The molecule has 0 amide bonds. The van der Waals surface area contributed by atoms with Crippen LogP contribution in [0.15, 0.2) is 12.7 Å². The van der Waals surface area contributed by atoms with Crippen LogP contribution in [0.2, 0.25) is 0 Å². The number of rotatable bonds is 13. The fourth-order valence-electron chi connectivity index (χ4n) is 5.02. The van der Waals surface area contributed by atoms with Gasteiger partial charge in [-0.15, -0.1) is 0 Å². The molecule has 0 spiro atoms. The number of nitrogens with two attached hydrogens (primary N) is 1. The number of hydrogen-bond acceptors (Lipinski definition) is 11. The van der Waals surface area contributed by atoms with E-state index in [0.717, 1.165) is 51.4 Å². The molecule has 2 saturated carbocycles. The molecule has 13 nitrogen and oxygen atoms in total. The van der Waals surface area contributed by atoms with E-state index in [9.17, 15) is 14.2 Å². The van der Waals surface area contributed by atoms with E-state index in [4.69, 9.17) is 24.5 Å². The smallest absolute Gasteiger partial charge is 0.335 e. The number of nitrogens with one attached hydrogen (secondary N) is 1. The first-order valence-electron chi connectivity index (χ1n) is 14.0. The molecule has 4 rings (SSSR count). The molecular formula is C26H41N6O7P. The van der Waals surface area contributed by atoms with Gasteiger partial charge in [-0.2, -0.15) is 0 Å². The van der Waals surface area contributed by atoms with Crippen molar-refractivity contribution in [2.75, 3.05) is 12.1 Å². The van der Waals surface area contributed by atoms with Crippen LogP contribution >= 0.6 is 7.52 Å². The van der Waals surface area contributed by atoms with Gasteiger partial charge in [0.1, 0.15) is 35.9 Å². The van der Waals surface area contributed by atoms with Crippen LogP contribution in [0.25, 0.3) is 11.2 Å². The average molecular weight is 581 g/mol. The molecule has 2 aromatic heterocycles. The van der Waals surface area contributed by atoms with Crippen molar-refractivity contribution in [3.63, 3.8) is 0 Å². The predicted octanol–water partition coefficient (Wildman–Crippen LogP) is 3.71. The van der Waals surface area contributed by atoms with Crippen LogP contribution in [-0.2, 0) is 39.4 Å². The molecule has 40 heavy (non-hydrogen) atoms. The van der Waals surface area contributed by atoms with E-state index in [1.54, 1.807) is 31.7 Å². The van der Waals surface area contributed by atoms with Gasteiger partial charge in [0.05, 0.1) is 19.0 Å². The summed E-state index contributed by atoms with van der Waals surface area (Å²) in [6, 6.07) is 0. The molecular weight excluding hydrogens is 539 g/mol. The molecule has 0 saturated heterocycles. The third kappa shape index (κ3) is 7.78. The van der Waals surface area contributed by atoms with Crippen molar-refractivity contribution >= 4 is 36.4 Å². The second-order valence-electron chi connectivity index (χ2n) is 11.2. The van der Waals surface area contributed by atoms with Gasteiger partial charge in [-0.1, -0.05) is 0 Å². The second-order valence-corrected chi connectivity index (χ2v) is 13.3. The monoisotopic (exact) mass is 580 g/mol. The predicted molar refractivity (Wildman–Crippen MR) is 147 cm³/mol. The number of imidazole rings is 1. The quantitative estimate of drug-likeness (QED) is 0.260. The maximum Gasteiger partial charge on any atom is 0.335 e. The number of carbonyl (C=O) groups excluding carboxylic acids is 2. The first kappa shape index (κ1) is 30.4. The molecule has 14 heteroatoms. The molecule has 0 radical (unpaired) electrons. The van der Waals surface area contributed by atoms with Crippen molar-refractivity contribution in [2.45, 2.75) is 116 Å². The highest BCUT2D eigenvalue weighted by molar-refractivity contribution is 7.56. The Morgan fingerprint density at radius 1 is 1.07 bits per heavy atom.